The van der Waals surface area contributed by atoms with Crippen molar-refractivity contribution in [2.75, 3.05) is 0 Å². The number of nitrogens with zero attached hydrogens (tertiary/aromatic N) is 3. The highest BCUT2D eigenvalue weighted by Crippen LogP contribution is 2.18. The van der Waals surface area contributed by atoms with Gasteiger partial charge in [0.15, 0.2) is 0 Å². The number of benzene rings is 3. The first-order valence-corrected chi connectivity index (χ1v) is 10.3. The van der Waals surface area contributed by atoms with E-state index in [2.05, 4.69) is 95.9 Å². The van der Waals surface area contributed by atoms with E-state index in [1.807, 2.05) is 12.1 Å². The van der Waals surface area contributed by atoms with Gasteiger partial charge in [0.25, 0.3) is 0 Å². The Kier molecular flexibility index (Phi) is 5.19. The molecule has 0 bridgehead atoms. The highest BCUT2D eigenvalue weighted by Gasteiger charge is 2.11. The molecule has 146 valence electrons. The minimum absolute atomic E-state index is 0.772. The second-order valence-electron chi connectivity index (χ2n) is 7.62. The molecule has 3 aromatic carbocycles. The number of para-hydroxylation sites is 2. The Labute approximate surface area is 176 Å². The molecule has 5 rings (SSSR count). The van der Waals surface area contributed by atoms with Crippen LogP contribution in [0.2, 0.25) is 0 Å². The standard InChI is InChI=1S/C27H23N3/c1-2-8-21(9-3-1)18-30(19-24-16-14-22-10-4-6-12-26(22)28-24)20-25-17-15-23-11-5-7-13-27(23)29-25/h1-17H,18-20H2. The molecular formula is C27H23N3. The van der Waals surface area contributed by atoms with Gasteiger partial charge < -0.3 is 0 Å². The average molecular weight is 390 g/mol. The molecule has 0 saturated heterocycles. The number of fused-ring (bicyclic) bond motifs is 2. The van der Waals surface area contributed by atoms with Crippen LogP contribution < -0.4 is 0 Å². The molecule has 2 heterocycles. The summed E-state index contributed by atoms with van der Waals surface area (Å²) in [7, 11) is 0. The van der Waals surface area contributed by atoms with Crippen molar-refractivity contribution in [1.29, 1.82) is 0 Å². The number of rotatable bonds is 6. The summed E-state index contributed by atoms with van der Waals surface area (Å²) in [5, 5.41) is 2.35. The molecule has 30 heavy (non-hydrogen) atoms. The third kappa shape index (κ3) is 4.22. The molecule has 0 unspecified atom stereocenters. The van der Waals surface area contributed by atoms with Crippen LogP contribution in [0.1, 0.15) is 17.0 Å². The lowest BCUT2D eigenvalue weighted by molar-refractivity contribution is 0.242. The SMILES string of the molecule is c1ccc(CN(Cc2ccc3ccccc3n2)Cc2ccc3ccccc3n2)cc1. The van der Waals surface area contributed by atoms with Crippen molar-refractivity contribution in [2.45, 2.75) is 19.6 Å². The monoisotopic (exact) mass is 389 g/mol. The van der Waals surface area contributed by atoms with Crippen molar-refractivity contribution in [3.63, 3.8) is 0 Å². The van der Waals surface area contributed by atoms with Gasteiger partial charge in [-0.1, -0.05) is 78.9 Å². The fourth-order valence-corrected chi connectivity index (χ4v) is 3.86. The Balaban J connectivity index is 1.43. The van der Waals surface area contributed by atoms with E-state index in [1.54, 1.807) is 0 Å². The highest BCUT2D eigenvalue weighted by atomic mass is 15.1. The lowest BCUT2D eigenvalue weighted by Crippen LogP contribution is -2.23. The third-order valence-corrected chi connectivity index (χ3v) is 5.33. The smallest absolute Gasteiger partial charge is 0.0705 e. The number of aromatic nitrogens is 2. The zero-order valence-corrected chi connectivity index (χ0v) is 16.8. The fraction of sp³-hybridized carbons (Fsp3) is 0.111. The molecule has 0 fully saturated rings. The zero-order valence-electron chi connectivity index (χ0n) is 16.8. The summed E-state index contributed by atoms with van der Waals surface area (Å²) >= 11 is 0. The van der Waals surface area contributed by atoms with Crippen LogP contribution in [-0.2, 0) is 19.6 Å². The predicted molar refractivity (Wildman–Crippen MR) is 123 cm³/mol. The maximum atomic E-state index is 4.89. The third-order valence-electron chi connectivity index (χ3n) is 5.33. The van der Waals surface area contributed by atoms with Crippen LogP contribution in [0.4, 0.5) is 0 Å². The van der Waals surface area contributed by atoms with Crippen LogP contribution in [0, 0.1) is 0 Å². The minimum atomic E-state index is 0.772. The van der Waals surface area contributed by atoms with Gasteiger partial charge >= 0.3 is 0 Å². The fourth-order valence-electron chi connectivity index (χ4n) is 3.86. The van der Waals surface area contributed by atoms with Gasteiger partial charge in [0.05, 0.1) is 22.4 Å². The summed E-state index contributed by atoms with van der Waals surface area (Å²) < 4.78 is 0. The van der Waals surface area contributed by atoms with E-state index in [4.69, 9.17) is 9.97 Å². The molecule has 0 aliphatic rings. The number of pyridine rings is 2. The zero-order chi connectivity index (χ0) is 20.2. The van der Waals surface area contributed by atoms with Gasteiger partial charge in [0.1, 0.15) is 0 Å². The molecule has 0 spiro atoms. The van der Waals surface area contributed by atoms with Gasteiger partial charge in [-0.25, -0.2) is 0 Å². The predicted octanol–water partition coefficient (Wildman–Crippen LogP) is 5.99. The van der Waals surface area contributed by atoms with Gasteiger partial charge in [-0.15, -0.1) is 0 Å². The van der Waals surface area contributed by atoms with E-state index in [9.17, 15) is 0 Å². The second-order valence-corrected chi connectivity index (χ2v) is 7.62. The molecule has 0 radical (unpaired) electrons. The van der Waals surface area contributed by atoms with E-state index in [0.29, 0.717) is 0 Å². The molecule has 0 N–H and O–H groups in total. The van der Waals surface area contributed by atoms with Crippen molar-refractivity contribution in [3.8, 4) is 0 Å². The Bertz CT molecular complexity index is 1200. The molecule has 3 nitrogen and oxygen atoms in total. The summed E-state index contributed by atoms with van der Waals surface area (Å²) in [5.74, 6) is 0. The van der Waals surface area contributed by atoms with Crippen LogP contribution in [0.25, 0.3) is 21.8 Å². The van der Waals surface area contributed by atoms with Gasteiger partial charge in [0, 0.05) is 30.4 Å². The quantitative estimate of drug-likeness (QED) is 0.357. The first kappa shape index (κ1) is 18.5. The maximum absolute atomic E-state index is 4.89. The Hall–Kier alpha value is -3.56. The van der Waals surface area contributed by atoms with Gasteiger partial charge in [-0.3, -0.25) is 14.9 Å². The first-order chi connectivity index (χ1) is 14.8. The van der Waals surface area contributed by atoms with Crippen molar-refractivity contribution < 1.29 is 0 Å². The van der Waals surface area contributed by atoms with Crippen molar-refractivity contribution in [2.24, 2.45) is 0 Å². The van der Waals surface area contributed by atoms with Crippen LogP contribution >= 0.6 is 0 Å². The molecule has 0 aliphatic heterocycles. The van der Waals surface area contributed by atoms with Crippen LogP contribution in [-0.4, -0.2) is 14.9 Å². The van der Waals surface area contributed by atoms with Crippen LogP contribution in [0.3, 0.4) is 0 Å². The van der Waals surface area contributed by atoms with E-state index in [0.717, 1.165) is 42.1 Å². The van der Waals surface area contributed by atoms with E-state index >= 15 is 0 Å². The summed E-state index contributed by atoms with van der Waals surface area (Å²) in [5.41, 5.74) is 5.52. The molecular weight excluding hydrogens is 366 g/mol. The maximum Gasteiger partial charge on any atom is 0.0705 e. The second kappa shape index (κ2) is 8.44. The average Bonchev–Trinajstić information content (AvgIpc) is 2.79. The van der Waals surface area contributed by atoms with Crippen LogP contribution in [0.5, 0.6) is 0 Å². The molecule has 0 amide bonds. The highest BCUT2D eigenvalue weighted by molar-refractivity contribution is 5.79. The van der Waals surface area contributed by atoms with Crippen LogP contribution in [0.15, 0.2) is 103 Å². The van der Waals surface area contributed by atoms with Crippen molar-refractivity contribution in [3.05, 3.63) is 120 Å². The number of hydrogen-bond donors (Lipinski definition) is 0. The van der Waals surface area contributed by atoms with Crippen molar-refractivity contribution in [1.82, 2.24) is 14.9 Å². The lowest BCUT2D eigenvalue weighted by atomic mass is 10.1. The summed E-state index contributed by atoms with van der Waals surface area (Å²) in [6, 6.07) is 35.7. The Morgan fingerprint density at radius 1 is 0.467 bits per heavy atom. The summed E-state index contributed by atoms with van der Waals surface area (Å²) in [4.78, 5) is 12.2. The van der Waals surface area contributed by atoms with Gasteiger partial charge in [0.2, 0.25) is 0 Å². The summed E-state index contributed by atoms with van der Waals surface area (Å²) in [6.07, 6.45) is 0. The van der Waals surface area contributed by atoms with E-state index in [1.165, 1.54) is 16.3 Å². The topological polar surface area (TPSA) is 29.0 Å². The lowest BCUT2D eigenvalue weighted by Gasteiger charge is -2.22. The molecule has 0 atom stereocenters. The minimum Gasteiger partial charge on any atom is -0.287 e. The molecule has 0 aliphatic carbocycles. The van der Waals surface area contributed by atoms with E-state index < -0.39 is 0 Å². The van der Waals surface area contributed by atoms with Gasteiger partial charge in [-0.2, -0.15) is 0 Å². The normalized spacial score (nSPS) is 11.4. The molecule has 3 heteroatoms. The van der Waals surface area contributed by atoms with Gasteiger partial charge in [-0.05, 0) is 29.8 Å². The van der Waals surface area contributed by atoms with E-state index in [-0.39, 0.29) is 0 Å². The number of hydrogen-bond acceptors (Lipinski definition) is 3. The summed E-state index contributed by atoms with van der Waals surface area (Å²) in [6.45, 7) is 2.40. The largest absolute Gasteiger partial charge is 0.287 e. The Morgan fingerprint density at radius 3 is 1.53 bits per heavy atom. The molecule has 5 aromatic rings. The molecule has 0 saturated carbocycles. The van der Waals surface area contributed by atoms with Crippen molar-refractivity contribution >= 4 is 21.8 Å². The molecule has 2 aromatic heterocycles. The Morgan fingerprint density at radius 2 is 0.967 bits per heavy atom. The first-order valence-electron chi connectivity index (χ1n) is 10.3.